The number of aliphatic carboxylic acids is 1. The van der Waals surface area contributed by atoms with Crippen molar-refractivity contribution in [3.8, 4) is 0 Å². The molecule has 0 aliphatic heterocycles. The molecule has 0 atom stereocenters. The molecule has 5 heteroatoms. The molecule has 1 aromatic rings. The van der Waals surface area contributed by atoms with Crippen molar-refractivity contribution in [3.63, 3.8) is 0 Å². The Hall–Kier alpha value is -0.940. The molecule has 0 bridgehead atoms. The number of hydrogen-bond acceptors (Lipinski definition) is 4. The van der Waals surface area contributed by atoms with E-state index in [1.807, 2.05) is 12.3 Å². The van der Waals surface area contributed by atoms with Gasteiger partial charge in [0.25, 0.3) is 0 Å². The third-order valence-corrected chi connectivity index (χ3v) is 4.03. The molecule has 0 aromatic carbocycles. The smallest absolute Gasteiger partial charge is 0.317 e. The Balaban J connectivity index is 2.01. The largest absolute Gasteiger partial charge is 0.480 e. The molecular weight excluding hydrogens is 236 g/mol. The van der Waals surface area contributed by atoms with Crippen molar-refractivity contribution in [1.82, 2.24) is 9.88 Å². The van der Waals surface area contributed by atoms with Crippen LogP contribution in [0, 0.1) is 6.92 Å². The van der Waals surface area contributed by atoms with Gasteiger partial charge in [0.1, 0.15) is 0 Å². The fourth-order valence-electron chi connectivity index (χ4n) is 2.45. The van der Waals surface area contributed by atoms with Gasteiger partial charge < -0.3 is 5.11 Å². The molecule has 1 aliphatic rings. The maximum absolute atomic E-state index is 10.9. The lowest BCUT2D eigenvalue weighted by molar-refractivity contribution is -0.139. The minimum absolute atomic E-state index is 0.126. The van der Waals surface area contributed by atoms with Gasteiger partial charge in [0.15, 0.2) is 0 Å². The number of carboxylic acid groups (broad SMARTS) is 1. The predicted molar refractivity (Wildman–Crippen MR) is 67.2 cm³/mol. The summed E-state index contributed by atoms with van der Waals surface area (Å²) in [6.07, 6.45) is 4.68. The first kappa shape index (κ1) is 12.5. The average Bonchev–Trinajstić information content (AvgIpc) is 2.87. The Kier molecular flexibility index (Phi) is 4.12. The van der Waals surface area contributed by atoms with E-state index in [0.717, 1.165) is 23.5 Å². The van der Waals surface area contributed by atoms with Crippen LogP contribution in [0.15, 0.2) is 5.38 Å². The normalized spacial score (nSPS) is 16.8. The quantitative estimate of drug-likeness (QED) is 0.876. The molecule has 2 rings (SSSR count). The molecule has 1 aliphatic carbocycles. The summed E-state index contributed by atoms with van der Waals surface area (Å²) in [5, 5.41) is 12.0. The molecule has 1 saturated carbocycles. The van der Waals surface area contributed by atoms with E-state index in [1.165, 1.54) is 12.8 Å². The van der Waals surface area contributed by atoms with E-state index in [0.29, 0.717) is 12.6 Å². The zero-order chi connectivity index (χ0) is 12.3. The minimum Gasteiger partial charge on any atom is -0.480 e. The van der Waals surface area contributed by atoms with Gasteiger partial charge in [-0.15, -0.1) is 11.3 Å². The molecule has 0 amide bonds. The van der Waals surface area contributed by atoms with Crippen LogP contribution in [0.2, 0.25) is 0 Å². The summed E-state index contributed by atoms with van der Waals surface area (Å²) >= 11 is 1.62. The summed E-state index contributed by atoms with van der Waals surface area (Å²) in [5.41, 5.74) is 1.00. The van der Waals surface area contributed by atoms with E-state index in [9.17, 15) is 4.79 Å². The van der Waals surface area contributed by atoms with Crippen LogP contribution in [0.3, 0.4) is 0 Å². The Morgan fingerprint density at radius 1 is 1.59 bits per heavy atom. The fraction of sp³-hybridized carbons (Fsp3) is 0.667. The lowest BCUT2D eigenvalue weighted by Crippen LogP contribution is -2.37. The van der Waals surface area contributed by atoms with Gasteiger partial charge in [-0.1, -0.05) is 12.8 Å². The zero-order valence-corrected chi connectivity index (χ0v) is 10.9. The van der Waals surface area contributed by atoms with Crippen LogP contribution in [-0.4, -0.2) is 33.5 Å². The first-order valence-electron chi connectivity index (χ1n) is 6.02. The van der Waals surface area contributed by atoms with Crippen molar-refractivity contribution < 1.29 is 9.90 Å². The van der Waals surface area contributed by atoms with Crippen LogP contribution in [0.1, 0.15) is 36.4 Å². The first-order valence-corrected chi connectivity index (χ1v) is 6.90. The van der Waals surface area contributed by atoms with Crippen molar-refractivity contribution in [2.45, 2.75) is 45.2 Å². The first-order chi connectivity index (χ1) is 8.15. The summed E-state index contributed by atoms with van der Waals surface area (Å²) < 4.78 is 0. The molecule has 0 unspecified atom stereocenters. The van der Waals surface area contributed by atoms with Crippen molar-refractivity contribution in [3.05, 3.63) is 16.1 Å². The van der Waals surface area contributed by atoms with Crippen LogP contribution in [0.5, 0.6) is 0 Å². The highest BCUT2D eigenvalue weighted by Gasteiger charge is 2.24. The highest BCUT2D eigenvalue weighted by Crippen LogP contribution is 2.25. The molecular formula is C12H18N2O2S. The summed E-state index contributed by atoms with van der Waals surface area (Å²) in [7, 11) is 0. The summed E-state index contributed by atoms with van der Waals surface area (Å²) in [6.45, 7) is 2.77. The third kappa shape index (κ3) is 3.51. The molecule has 1 N–H and O–H groups in total. The van der Waals surface area contributed by atoms with Gasteiger partial charge in [-0.05, 0) is 19.8 Å². The van der Waals surface area contributed by atoms with E-state index < -0.39 is 5.97 Å². The SMILES string of the molecule is Cc1nc(CN(CC(=O)O)C2CCCC2)cs1. The van der Waals surface area contributed by atoms with Crippen LogP contribution < -0.4 is 0 Å². The summed E-state index contributed by atoms with van der Waals surface area (Å²) in [4.78, 5) is 17.4. The number of thiazole rings is 1. The molecule has 17 heavy (non-hydrogen) atoms. The van der Waals surface area contributed by atoms with Gasteiger partial charge in [0.2, 0.25) is 0 Å². The summed E-state index contributed by atoms with van der Waals surface area (Å²) in [6, 6.07) is 0.424. The van der Waals surface area contributed by atoms with Crippen LogP contribution in [-0.2, 0) is 11.3 Å². The lowest BCUT2D eigenvalue weighted by Gasteiger charge is -2.26. The van der Waals surface area contributed by atoms with Gasteiger partial charge in [-0.3, -0.25) is 9.69 Å². The second-order valence-electron chi connectivity index (χ2n) is 4.59. The number of carbonyl (C=O) groups is 1. The standard InChI is InChI=1S/C12H18N2O2S/c1-9-13-10(8-17-9)6-14(7-12(15)16)11-4-2-3-5-11/h8,11H,2-7H2,1H3,(H,15,16). The van der Waals surface area contributed by atoms with E-state index in [2.05, 4.69) is 9.88 Å². The maximum atomic E-state index is 10.9. The molecule has 0 spiro atoms. The number of carboxylic acids is 1. The van der Waals surface area contributed by atoms with Crippen molar-refractivity contribution in [2.75, 3.05) is 6.54 Å². The highest BCUT2D eigenvalue weighted by atomic mass is 32.1. The monoisotopic (exact) mass is 254 g/mol. The Labute approximate surface area is 105 Å². The minimum atomic E-state index is -0.746. The second-order valence-corrected chi connectivity index (χ2v) is 5.66. The lowest BCUT2D eigenvalue weighted by atomic mass is 10.2. The molecule has 0 radical (unpaired) electrons. The van der Waals surface area contributed by atoms with Gasteiger partial charge in [-0.2, -0.15) is 0 Å². The Morgan fingerprint density at radius 3 is 2.82 bits per heavy atom. The predicted octanol–water partition coefficient (Wildman–Crippen LogP) is 2.28. The van der Waals surface area contributed by atoms with Gasteiger partial charge in [0.05, 0.1) is 17.2 Å². The molecule has 4 nitrogen and oxygen atoms in total. The van der Waals surface area contributed by atoms with Gasteiger partial charge >= 0.3 is 5.97 Å². The number of hydrogen-bond donors (Lipinski definition) is 1. The van der Waals surface area contributed by atoms with Crippen molar-refractivity contribution >= 4 is 17.3 Å². The molecule has 1 fully saturated rings. The Morgan fingerprint density at radius 2 is 2.29 bits per heavy atom. The highest BCUT2D eigenvalue weighted by molar-refractivity contribution is 7.09. The zero-order valence-electron chi connectivity index (χ0n) is 10.1. The third-order valence-electron chi connectivity index (χ3n) is 3.21. The molecule has 1 heterocycles. The average molecular weight is 254 g/mol. The van der Waals surface area contributed by atoms with Crippen molar-refractivity contribution in [1.29, 1.82) is 0 Å². The van der Waals surface area contributed by atoms with Gasteiger partial charge in [0, 0.05) is 18.0 Å². The molecule has 94 valence electrons. The van der Waals surface area contributed by atoms with E-state index in [4.69, 9.17) is 5.11 Å². The summed E-state index contributed by atoms with van der Waals surface area (Å²) in [5.74, 6) is -0.746. The van der Waals surface area contributed by atoms with Gasteiger partial charge in [-0.25, -0.2) is 4.98 Å². The number of rotatable bonds is 5. The maximum Gasteiger partial charge on any atom is 0.317 e. The molecule has 0 saturated heterocycles. The second kappa shape index (κ2) is 5.60. The fourth-order valence-corrected chi connectivity index (χ4v) is 3.05. The van der Waals surface area contributed by atoms with E-state index >= 15 is 0 Å². The number of aryl methyl sites for hydroxylation is 1. The Bertz CT molecular complexity index is 386. The van der Waals surface area contributed by atoms with E-state index in [-0.39, 0.29) is 6.54 Å². The number of nitrogens with zero attached hydrogens (tertiary/aromatic N) is 2. The topological polar surface area (TPSA) is 53.4 Å². The van der Waals surface area contributed by atoms with Crippen LogP contribution in [0.4, 0.5) is 0 Å². The number of aromatic nitrogens is 1. The van der Waals surface area contributed by atoms with Crippen LogP contribution >= 0.6 is 11.3 Å². The van der Waals surface area contributed by atoms with Crippen LogP contribution in [0.25, 0.3) is 0 Å². The van der Waals surface area contributed by atoms with Crippen molar-refractivity contribution in [2.24, 2.45) is 0 Å². The molecule has 1 aromatic heterocycles. The van der Waals surface area contributed by atoms with E-state index in [1.54, 1.807) is 11.3 Å².